The maximum Gasteiger partial charge on any atom is 0.416 e. The number of hydrogen-bond donors (Lipinski definition) is 0. The van der Waals surface area contributed by atoms with Gasteiger partial charge in [0.1, 0.15) is 18.6 Å². The Morgan fingerprint density at radius 2 is 1.68 bits per heavy atom. The van der Waals surface area contributed by atoms with Crippen molar-refractivity contribution in [3.63, 3.8) is 0 Å². The van der Waals surface area contributed by atoms with Crippen molar-refractivity contribution in [3.8, 4) is 5.88 Å². The van der Waals surface area contributed by atoms with Gasteiger partial charge in [0.05, 0.1) is 23.6 Å². The summed E-state index contributed by atoms with van der Waals surface area (Å²) < 4.78 is 87.3. The predicted molar refractivity (Wildman–Crippen MR) is 108 cm³/mol. The summed E-state index contributed by atoms with van der Waals surface area (Å²) in [7, 11) is 0. The van der Waals surface area contributed by atoms with Gasteiger partial charge in [0, 0.05) is 30.2 Å². The molecule has 0 amide bonds. The summed E-state index contributed by atoms with van der Waals surface area (Å²) in [4.78, 5) is 4.25. The lowest BCUT2D eigenvalue weighted by molar-refractivity contribution is -0.966. The van der Waals surface area contributed by atoms with Gasteiger partial charge in [0.15, 0.2) is 6.10 Å². The predicted octanol–water partition coefficient (Wildman–Crippen LogP) is 3.09. The van der Waals surface area contributed by atoms with Gasteiger partial charge in [0.2, 0.25) is 5.88 Å². The molecule has 2 aliphatic heterocycles. The molecule has 0 radical (unpaired) electrons. The molecule has 0 bridgehead atoms. The van der Waals surface area contributed by atoms with E-state index in [1.807, 2.05) is 6.07 Å². The molecule has 3 nitrogen and oxygen atoms in total. The fourth-order valence-corrected chi connectivity index (χ4v) is 6.87. The lowest BCUT2D eigenvalue weighted by atomic mass is 9.83. The molecule has 34 heavy (non-hydrogen) atoms. The molecule has 3 aliphatic rings. The molecule has 2 saturated heterocycles. The van der Waals surface area contributed by atoms with Crippen LogP contribution in [0, 0.1) is 11.8 Å². The Balaban J connectivity index is 0.00000274. The Morgan fingerprint density at radius 3 is 2.26 bits per heavy atom. The van der Waals surface area contributed by atoms with Crippen LogP contribution in [0.15, 0.2) is 42.6 Å². The van der Waals surface area contributed by atoms with E-state index in [1.165, 1.54) is 0 Å². The van der Waals surface area contributed by atoms with E-state index >= 15 is 0 Å². The van der Waals surface area contributed by atoms with Crippen molar-refractivity contribution < 1.29 is 52.5 Å². The molecule has 5 rings (SSSR count). The summed E-state index contributed by atoms with van der Waals surface area (Å²) in [5.41, 5.74) is -2.68. The Morgan fingerprint density at radius 1 is 1.00 bits per heavy atom. The number of quaternary nitrogens is 1. The summed E-state index contributed by atoms with van der Waals surface area (Å²) in [6, 6.07) is 7.35. The Bertz CT molecular complexity index is 1010. The van der Waals surface area contributed by atoms with Gasteiger partial charge in [0.25, 0.3) is 0 Å². The van der Waals surface area contributed by atoms with Crippen LogP contribution in [0.1, 0.15) is 42.9 Å². The van der Waals surface area contributed by atoms with Crippen LogP contribution in [0.3, 0.4) is 0 Å². The number of halogens is 7. The monoisotopic (exact) mass is 550 g/mol. The third-order valence-corrected chi connectivity index (χ3v) is 8.35. The fraction of sp³-hybridized carbons (Fsp3) is 0.542. The SMILES string of the molecule is C[C@@]12[C@H]3CC[C@@H]1[C@@H](Oc1ccccn1)C[N@+]2(Cc1cc(C(F)(F)F)cc(C(F)(F)F)c1)CC3.[Br-]. The van der Waals surface area contributed by atoms with Crippen LogP contribution in [-0.2, 0) is 18.9 Å². The highest BCUT2D eigenvalue weighted by Crippen LogP contribution is 2.61. The van der Waals surface area contributed by atoms with Crippen LogP contribution in [-0.4, -0.2) is 34.2 Å². The first kappa shape index (κ1) is 25.3. The summed E-state index contributed by atoms with van der Waals surface area (Å²) in [5, 5.41) is 0. The molecule has 3 heterocycles. The minimum Gasteiger partial charge on any atom is -1.00 e. The quantitative estimate of drug-likeness (QED) is 0.431. The highest BCUT2D eigenvalue weighted by atomic mass is 79.9. The number of ether oxygens (including phenoxy) is 1. The number of nitrogens with zero attached hydrogens (tertiary/aromatic N) is 2. The molecule has 1 saturated carbocycles. The summed E-state index contributed by atoms with van der Waals surface area (Å²) in [5.74, 6) is 1.06. The van der Waals surface area contributed by atoms with Crippen molar-refractivity contribution in [2.24, 2.45) is 11.8 Å². The second kappa shape index (κ2) is 8.40. The maximum atomic E-state index is 13.4. The molecular formula is C24H25BrF6N2O. The first-order valence-corrected chi connectivity index (χ1v) is 11.1. The van der Waals surface area contributed by atoms with Crippen molar-refractivity contribution in [2.75, 3.05) is 13.1 Å². The van der Waals surface area contributed by atoms with Gasteiger partial charge in [-0.15, -0.1) is 0 Å². The summed E-state index contributed by atoms with van der Waals surface area (Å²) in [6.45, 7) is 3.55. The molecular weight excluding hydrogens is 526 g/mol. The van der Waals surface area contributed by atoms with Crippen molar-refractivity contribution in [2.45, 2.75) is 56.7 Å². The molecule has 1 aromatic carbocycles. The number of aromatic nitrogens is 1. The normalized spacial score (nSPS) is 32.4. The van der Waals surface area contributed by atoms with Crippen LogP contribution in [0.25, 0.3) is 0 Å². The first-order valence-electron chi connectivity index (χ1n) is 11.1. The zero-order chi connectivity index (χ0) is 23.6. The van der Waals surface area contributed by atoms with Gasteiger partial charge in [-0.25, -0.2) is 4.98 Å². The maximum absolute atomic E-state index is 13.4. The molecule has 0 N–H and O–H groups in total. The Kier molecular flexibility index (Phi) is 6.24. The third kappa shape index (κ3) is 4.00. The summed E-state index contributed by atoms with van der Waals surface area (Å²) >= 11 is 0. The molecule has 10 heteroatoms. The largest absolute Gasteiger partial charge is 1.00 e. The molecule has 1 aliphatic carbocycles. The van der Waals surface area contributed by atoms with E-state index in [1.54, 1.807) is 18.3 Å². The van der Waals surface area contributed by atoms with Gasteiger partial charge in [-0.05, 0) is 44.0 Å². The van der Waals surface area contributed by atoms with E-state index < -0.39 is 23.5 Å². The second-order valence-corrected chi connectivity index (χ2v) is 9.84. The van der Waals surface area contributed by atoms with E-state index in [9.17, 15) is 26.3 Å². The molecule has 186 valence electrons. The van der Waals surface area contributed by atoms with Crippen LogP contribution in [0.5, 0.6) is 5.88 Å². The molecule has 5 atom stereocenters. The number of rotatable bonds is 4. The molecule has 3 fully saturated rings. The van der Waals surface area contributed by atoms with Crippen LogP contribution >= 0.6 is 0 Å². The van der Waals surface area contributed by atoms with Gasteiger partial charge in [-0.2, -0.15) is 26.3 Å². The smallest absolute Gasteiger partial charge is 0.416 e. The van der Waals surface area contributed by atoms with E-state index in [0.29, 0.717) is 22.8 Å². The summed E-state index contributed by atoms with van der Waals surface area (Å²) in [6.07, 6.45) is -5.37. The Hall–Kier alpha value is -1.81. The van der Waals surface area contributed by atoms with E-state index in [2.05, 4.69) is 11.9 Å². The third-order valence-electron chi connectivity index (χ3n) is 8.35. The average molecular weight is 551 g/mol. The zero-order valence-corrected chi connectivity index (χ0v) is 20.1. The van der Waals surface area contributed by atoms with E-state index in [-0.39, 0.29) is 52.7 Å². The molecule has 2 aromatic rings. The number of hydrogen-bond acceptors (Lipinski definition) is 2. The van der Waals surface area contributed by atoms with Crippen LogP contribution in [0.2, 0.25) is 0 Å². The lowest BCUT2D eigenvalue weighted by Gasteiger charge is -2.43. The molecule has 0 spiro atoms. The topological polar surface area (TPSA) is 22.1 Å². The first-order chi connectivity index (χ1) is 15.4. The number of alkyl halides is 6. The van der Waals surface area contributed by atoms with Crippen molar-refractivity contribution >= 4 is 0 Å². The minimum absolute atomic E-state index is 0. The van der Waals surface area contributed by atoms with Crippen molar-refractivity contribution in [3.05, 3.63) is 59.3 Å². The standard InChI is InChI=1S/C24H25F6N2O.BrH/c1-22-16-5-6-19(22)20(33-21-4-2-3-8-31-21)14-32(22,9-7-16)13-15-10-17(23(25,26)27)12-18(11-15)24(28,29)30;/h2-4,8,10-12,16,19-20H,5-7,9,13-14H2,1H3;1H/q+1;/p-1/t16-,19+,20-,22+,32+;/m0./s1. The minimum atomic E-state index is -4.85. The van der Waals surface area contributed by atoms with Gasteiger partial charge >= 0.3 is 12.4 Å². The van der Waals surface area contributed by atoms with E-state index in [4.69, 9.17) is 4.74 Å². The Labute approximate surface area is 204 Å². The van der Waals surface area contributed by atoms with Crippen LogP contribution in [0.4, 0.5) is 26.3 Å². The van der Waals surface area contributed by atoms with Crippen molar-refractivity contribution in [1.29, 1.82) is 0 Å². The molecule has 1 aromatic heterocycles. The van der Waals surface area contributed by atoms with Crippen molar-refractivity contribution in [1.82, 2.24) is 4.98 Å². The van der Waals surface area contributed by atoms with Gasteiger partial charge in [-0.1, -0.05) is 6.07 Å². The lowest BCUT2D eigenvalue weighted by Crippen LogP contribution is -3.00. The fourth-order valence-electron chi connectivity index (χ4n) is 6.87. The highest BCUT2D eigenvalue weighted by Gasteiger charge is 2.71. The van der Waals surface area contributed by atoms with Crippen LogP contribution < -0.4 is 21.7 Å². The number of benzene rings is 1. The van der Waals surface area contributed by atoms with Gasteiger partial charge in [-0.3, -0.25) is 0 Å². The average Bonchev–Trinajstić information content (AvgIpc) is 3.30. The molecule has 0 unspecified atom stereocenters. The number of pyridine rings is 1. The zero-order valence-electron chi connectivity index (χ0n) is 18.5. The van der Waals surface area contributed by atoms with E-state index in [0.717, 1.165) is 37.9 Å². The highest BCUT2D eigenvalue weighted by molar-refractivity contribution is 5.33. The second-order valence-electron chi connectivity index (χ2n) is 9.84. The van der Waals surface area contributed by atoms with Gasteiger partial charge < -0.3 is 26.2 Å².